The van der Waals surface area contributed by atoms with Gasteiger partial charge in [-0.3, -0.25) is 0 Å². The number of rotatable bonds is 2. The highest BCUT2D eigenvalue weighted by Crippen LogP contribution is 2.32. The molecule has 0 amide bonds. The topological polar surface area (TPSA) is 43.8 Å². The lowest BCUT2D eigenvalue weighted by Crippen LogP contribution is -1.98. The van der Waals surface area contributed by atoms with Crippen molar-refractivity contribution in [3.05, 3.63) is 52.3 Å². The van der Waals surface area contributed by atoms with E-state index in [1.165, 1.54) is 6.07 Å². The summed E-state index contributed by atoms with van der Waals surface area (Å²) >= 11 is 3.39. The number of benzene rings is 2. The molecule has 3 nitrogen and oxygen atoms in total. The van der Waals surface area contributed by atoms with Crippen LogP contribution in [-0.2, 0) is 13.6 Å². The highest BCUT2D eigenvalue weighted by Gasteiger charge is 2.16. The van der Waals surface area contributed by atoms with Crippen molar-refractivity contribution in [2.75, 3.05) is 0 Å². The third-order valence-corrected chi connectivity index (χ3v) is 4.03. The lowest BCUT2D eigenvalue weighted by molar-refractivity contribution is 0.628. The predicted molar refractivity (Wildman–Crippen MR) is 81.7 cm³/mol. The third-order valence-electron chi connectivity index (χ3n) is 3.37. The molecule has 0 unspecified atom stereocenters. The van der Waals surface area contributed by atoms with Gasteiger partial charge in [0.05, 0.1) is 16.6 Å². The number of nitrogens with two attached hydrogens (primary N) is 1. The molecule has 1 aromatic heterocycles. The summed E-state index contributed by atoms with van der Waals surface area (Å²) in [6.07, 6.45) is 0. The number of hydrogen-bond donors (Lipinski definition) is 1. The van der Waals surface area contributed by atoms with Crippen LogP contribution < -0.4 is 5.73 Å². The van der Waals surface area contributed by atoms with Crippen LogP contribution in [-0.4, -0.2) is 9.55 Å². The first kappa shape index (κ1) is 13.3. The monoisotopic (exact) mass is 333 g/mol. The summed E-state index contributed by atoms with van der Waals surface area (Å²) in [5.74, 6) is 0.302. The van der Waals surface area contributed by atoms with Crippen molar-refractivity contribution < 1.29 is 4.39 Å². The summed E-state index contributed by atoms with van der Waals surface area (Å²) in [5, 5.41) is 0. The summed E-state index contributed by atoms with van der Waals surface area (Å²) in [7, 11) is 1.88. The summed E-state index contributed by atoms with van der Waals surface area (Å²) in [4.78, 5) is 4.53. The molecule has 0 saturated heterocycles. The van der Waals surface area contributed by atoms with Gasteiger partial charge in [-0.15, -0.1) is 0 Å². The first-order chi connectivity index (χ1) is 9.61. The molecule has 2 N–H and O–H groups in total. The van der Waals surface area contributed by atoms with E-state index >= 15 is 0 Å². The molecule has 0 aliphatic rings. The molecule has 0 saturated carbocycles. The molecule has 1 heterocycles. The zero-order chi connectivity index (χ0) is 14.3. The number of fused-ring (bicyclic) bond motifs is 1. The van der Waals surface area contributed by atoms with Crippen LogP contribution in [0.3, 0.4) is 0 Å². The molecule has 3 aromatic rings. The minimum Gasteiger partial charge on any atom is -0.327 e. The summed E-state index contributed by atoms with van der Waals surface area (Å²) in [6, 6.07) is 10.7. The summed E-state index contributed by atoms with van der Waals surface area (Å²) in [5.41, 5.74) is 8.93. The number of aromatic nitrogens is 2. The fourth-order valence-electron chi connectivity index (χ4n) is 2.30. The lowest BCUT2D eigenvalue weighted by atomic mass is 10.2. The number of nitrogens with zero attached hydrogens (tertiary/aromatic N) is 2. The van der Waals surface area contributed by atoms with Gasteiger partial charge in [-0.1, -0.05) is 12.1 Å². The second-order valence-electron chi connectivity index (χ2n) is 4.62. The smallest absolute Gasteiger partial charge is 0.144 e. The van der Waals surface area contributed by atoms with Crippen molar-refractivity contribution in [2.24, 2.45) is 12.8 Å². The highest BCUT2D eigenvalue weighted by atomic mass is 79.9. The molecule has 0 fully saturated rings. The Kier molecular flexibility index (Phi) is 3.31. The van der Waals surface area contributed by atoms with E-state index in [0.29, 0.717) is 22.4 Å². The Labute approximate surface area is 124 Å². The van der Waals surface area contributed by atoms with E-state index < -0.39 is 0 Å². The lowest BCUT2D eigenvalue weighted by Gasteiger charge is -2.06. The third kappa shape index (κ3) is 2.03. The van der Waals surface area contributed by atoms with Gasteiger partial charge < -0.3 is 10.3 Å². The van der Waals surface area contributed by atoms with Crippen molar-refractivity contribution in [2.45, 2.75) is 6.54 Å². The van der Waals surface area contributed by atoms with Crippen LogP contribution in [0.1, 0.15) is 5.56 Å². The first-order valence-electron chi connectivity index (χ1n) is 6.21. The van der Waals surface area contributed by atoms with Gasteiger partial charge in [0.1, 0.15) is 11.6 Å². The molecule has 0 aliphatic heterocycles. The molecular formula is C15H13BrFN3. The van der Waals surface area contributed by atoms with Gasteiger partial charge in [-0.25, -0.2) is 9.37 Å². The maximum Gasteiger partial charge on any atom is 0.144 e. The molecule has 102 valence electrons. The fraction of sp³-hybridized carbons (Fsp3) is 0.133. The van der Waals surface area contributed by atoms with Crippen molar-refractivity contribution in [1.82, 2.24) is 9.55 Å². The van der Waals surface area contributed by atoms with Crippen LogP contribution in [0.2, 0.25) is 0 Å². The van der Waals surface area contributed by atoms with Gasteiger partial charge in [0.25, 0.3) is 0 Å². The average Bonchev–Trinajstić information content (AvgIpc) is 2.76. The molecule has 5 heteroatoms. The molecule has 20 heavy (non-hydrogen) atoms. The van der Waals surface area contributed by atoms with Crippen LogP contribution >= 0.6 is 15.9 Å². The molecule has 0 aliphatic carbocycles. The average molecular weight is 334 g/mol. The summed E-state index contributed by atoms with van der Waals surface area (Å²) < 4.78 is 16.7. The highest BCUT2D eigenvalue weighted by molar-refractivity contribution is 9.10. The molecule has 0 bridgehead atoms. The second-order valence-corrected chi connectivity index (χ2v) is 5.47. The SMILES string of the molecule is Cn1c(-c2c(F)cccc2Br)nc2ccc(CN)cc21. The van der Waals surface area contributed by atoms with E-state index in [2.05, 4.69) is 20.9 Å². The Balaban J connectivity index is 2.30. The van der Waals surface area contributed by atoms with Crippen molar-refractivity contribution in [1.29, 1.82) is 0 Å². The van der Waals surface area contributed by atoms with Gasteiger partial charge in [0.15, 0.2) is 0 Å². The Morgan fingerprint density at radius 3 is 2.80 bits per heavy atom. The van der Waals surface area contributed by atoms with E-state index in [-0.39, 0.29) is 5.82 Å². The molecule has 0 atom stereocenters. The van der Waals surface area contributed by atoms with Crippen LogP contribution in [0, 0.1) is 5.82 Å². The Morgan fingerprint density at radius 1 is 1.30 bits per heavy atom. The molecule has 2 aromatic carbocycles. The van der Waals surface area contributed by atoms with Gasteiger partial charge >= 0.3 is 0 Å². The minimum absolute atomic E-state index is 0.295. The molecule has 3 rings (SSSR count). The van der Waals surface area contributed by atoms with Gasteiger partial charge in [0, 0.05) is 18.1 Å². The Hall–Kier alpha value is -1.72. The second kappa shape index (κ2) is 5.00. The van der Waals surface area contributed by atoms with E-state index in [9.17, 15) is 4.39 Å². The minimum atomic E-state index is -0.295. The van der Waals surface area contributed by atoms with Gasteiger partial charge in [0.2, 0.25) is 0 Å². The van der Waals surface area contributed by atoms with E-state index in [4.69, 9.17) is 5.73 Å². The zero-order valence-corrected chi connectivity index (χ0v) is 12.5. The van der Waals surface area contributed by atoms with Crippen molar-refractivity contribution in [3.63, 3.8) is 0 Å². The van der Waals surface area contributed by atoms with Crippen LogP contribution in [0.15, 0.2) is 40.9 Å². The molecule has 0 radical (unpaired) electrons. The maximum atomic E-state index is 14.1. The number of imidazole rings is 1. The largest absolute Gasteiger partial charge is 0.327 e. The normalized spacial score (nSPS) is 11.2. The molecule has 0 spiro atoms. The predicted octanol–water partition coefficient (Wildman–Crippen LogP) is 3.60. The van der Waals surface area contributed by atoms with Crippen molar-refractivity contribution in [3.8, 4) is 11.4 Å². The van der Waals surface area contributed by atoms with E-state index in [1.54, 1.807) is 6.07 Å². The standard InChI is InChI=1S/C15H13BrFN3/c1-20-13-7-9(8-18)5-6-12(13)19-15(20)14-10(16)3-2-4-11(14)17/h2-7H,8,18H2,1H3. The molecular weight excluding hydrogens is 321 g/mol. The Bertz CT molecular complexity index is 775. The Morgan fingerprint density at radius 2 is 2.10 bits per heavy atom. The van der Waals surface area contributed by atoms with Gasteiger partial charge in [-0.05, 0) is 45.8 Å². The maximum absolute atomic E-state index is 14.1. The van der Waals surface area contributed by atoms with Crippen molar-refractivity contribution >= 4 is 27.0 Å². The number of aryl methyl sites for hydroxylation is 1. The van der Waals surface area contributed by atoms with E-state index in [0.717, 1.165) is 16.6 Å². The number of hydrogen-bond acceptors (Lipinski definition) is 2. The van der Waals surface area contributed by atoms with Gasteiger partial charge in [-0.2, -0.15) is 0 Å². The van der Waals surface area contributed by atoms with Crippen LogP contribution in [0.25, 0.3) is 22.4 Å². The summed E-state index contributed by atoms with van der Waals surface area (Å²) in [6.45, 7) is 0.472. The van der Waals surface area contributed by atoms with Crippen LogP contribution in [0.5, 0.6) is 0 Å². The fourth-order valence-corrected chi connectivity index (χ4v) is 2.82. The quantitative estimate of drug-likeness (QED) is 0.778. The number of halogens is 2. The van der Waals surface area contributed by atoms with E-state index in [1.807, 2.05) is 35.9 Å². The zero-order valence-electron chi connectivity index (χ0n) is 10.9. The van der Waals surface area contributed by atoms with Crippen LogP contribution in [0.4, 0.5) is 4.39 Å². The first-order valence-corrected chi connectivity index (χ1v) is 7.01.